The molecule has 2 radical (unpaired) electrons. The SMILES string of the molecule is CCO[Si]CCCNc1ccccc1. The van der Waals surface area contributed by atoms with Crippen molar-refractivity contribution < 1.29 is 4.43 Å². The van der Waals surface area contributed by atoms with Gasteiger partial charge in [0.15, 0.2) is 0 Å². The summed E-state index contributed by atoms with van der Waals surface area (Å²) in [7, 11) is 0.660. The van der Waals surface area contributed by atoms with Gasteiger partial charge >= 0.3 is 0 Å². The fourth-order valence-electron chi connectivity index (χ4n) is 1.12. The van der Waals surface area contributed by atoms with Crippen LogP contribution in [-0.4, -0.2) is 22.9 Å². The van der Waals surface area contributed by atoms with Gasteiger partial charge < -0.3 is 9.74 Å². The van der Waals surface area contributed by atoms with Crippen LogP contribution < -0.4 is 5.32 Å². The van der Waals surface area contributed by atoms with Crippen molar-refractivity contribution in [3.8, 4) is 0 Å². The fourth-order valence-corrected chi connectivity index (χ4v) is 1.79. The molecule has 0 aromatic heterocycles. The molecule has 1 aromatic rings. The van der Waals surface area contributed by atoms with Gasteiger partial charge in [-0.05, 0) is 31.5 Å². The number of hydrogen-bond donors (Lipinski definition) is 1. The van der Waals surface area contributed by atoms with E-state index in [0.29, 0.717) is 9.76 Å². The molecule has 0 saturated carbocycles. The molecule has 0 heterocycles. The summed E-state index contributed by atoms with van der Waals surface area (Å²) in [6, 6.07) is 11.5. The van der Waals surface area contributed by atoms with Crippen molar-refractivity contribution in [2.45, 2.75) is 19.4 Å². The van der Waals surface area contributed by atoms with Gasteiger partial charge in [-0.2, -0.15) is 0 Å². The summed E-state index contributed by atoms with van der Waals surface area (Å²) >= 11 is 0. The Labute approximate surface area is 88.6 Å². The molecular formula is C11H17NOSi. The molecule has 2 nitrogen and oxygen atoms in total. The van der Waals surface area contributed by atoms with Crippen LogP contribution in [0.25, 0.3) is 0 Å². The predicted molar refractivity (Wildman–Crippen MR) is 61.7 cm³/mol. The lowest BCUT2D eigenvalue weighted by molar-refractivity contribution is 0.359. The highest BCUT2D eigenvalue weighted by atomic mass is 28.2. The number of para-hydroxylation sites is 1. The minimum Gasteiger partial charge on any atom is -0.418 e. The lowest BCUT2D eigenvalue weighted by Crippen LogP contribution is -2.04. The van der Waals surface area contributed by atoms with Gasteiger partial charge in [0.2, 0.25) is 9.76 Å². The number of anilines is 1. The van der Waals surface area contributed by atoms with E-state index in [1.54, 1.807) is 0 Å². The van der Waals surface area contributed by atoms with Gasteiger partial charge in [-0.1, -0.05) is 18.2 Å². The largest absolute Gasteiger partial charge is 0.418 e. The minimum atomic E-state index is 0.660. The summed E-state index contributed by atoms with van der Waals surface area (Å²) in [6.45, 7) is 3.91. The lowest BCUT2D eigenvalue weighted by atomic mass is 10.3. The predicted octanol–water partition coefficient (Wildman–Crippen LogP) is 2.56. The van der Waals surface area contributed by atoms with Crippen LogP contribution in [0.3, 0.4) is 0 Å². The highest BCUT2D eigenvalue weighted by molar-refractivity contribution is 6.26. The van der Waals surface area contributed by atoms with Gasteiger partial charge in [0.05, 0.1) is 0 Å². The van der Waals surface area contributed by atoms with E-state index < -0.39 is 0 Å². The summed E-state index contributed by atoms with van der Waals surface area (Å²) in [5, 5.41) is 3.37. The smallest absolute Gasteiger partial charge is 0.229 e. The lowest BCUT2D eigenvalue weighted by Gasteiger charge is -2.04. The summed E-state index contributed by atoms with van der Waals surface area (Å²) in [5.74, 6) is 0. The van der Waals surface area contributed by atoms with Crippen molar-refractivity contribution in [1.29, 1.82) is 0 Å². The maximum absolute atomic E-state index is 5.29. The van der Waals surface area contributed by atoms with Gasteiger partial charge in [-0.15, -0.1) is 0 Å². The molecule has 0 saturated heterocycles. The van der Waals surface area contributed by atoms with Gasteiger partial charge in [0.1, 0.15) is 0 Å². The molecule has 14 heavy (non-hydrogen) atoms. The van der Waals surface area contributed by atoms with E-state index in [-0.39, 0.29) is 0 Å². The molecule has 0 fully saturated rings. The Bertz CT molecular complexity index is 228. The van der Waals surface area contributed by atoms with Crippen LogP contribution in [0.1, 0.15) is 13.3 Å². The van der Waals surface area contributed by atoms with Gasteiger partial charge in [-0.3, -0.25) is 0 Å². The zero-order chi connectivity index (χ0) is 10.1. The molecule has 1 N–H and O–H groups in total. The summed E-state index contributed by atoms with van der Waals surface area (Å²) in [6.07, 6.45) is 1.17. The molecule has 0 aliphatic rings. The summed E-state index contributed by atoms with van der Waals surface area (Å²) in [5.41, 5.74) is 1.20. The van der Waals surface area contributed by atoms with E-state index in [2.05, 4.69) is 17.4 Å². The Kier molecular flexibility index (Phi) is 6.11. The summed E-state index contributed by atoms with van der Waals surface area (Å²) < 4.78 is 5.29. The fraction of sp³-hybridized carbons (Fsp3) is 0.455. The Morgan fingerprint density at radius 1 is 1.29 bits per heavy atom. The number of benzene rings is 1. The second kappa shape index (κ2) is 7.59. The normalized spacial score (nSPS) is 10.1. The first-order valence-electron chi connectivity index (χ1n) is 5.07. The van der Waals surface area contributed by atoms with Crippen molar-refractivity contribution in [2.75, 3.05) is 18.5 Å². The Morgan fingerprint density at radius 3 is 2.79 bits per heavy atom. The second-order valence-corrected chi connectivity index (χ2v) is 4.05. The van der Waals surface area contributed by atoms with Crippen molar-refractivity contribution in [2.24, 2.45) is 0 Å². The number of hydrogen-bond acceptors (Lipinski definition) is 2. The average Bonchev–Trinajstić information content (AvgIpc) is 2.25. The first-order valence-corrected chi connectivity index (χ1v) is 6.18. The molecule has 0 aliphatic carbocycles. The number of nitrogens with one attached hydrogen (secondary N) is 1. The standard InChI is InChI=1S/C11H17NOSi/c1-2-13-14-10-6-9-12-11-7-4-3-5-8-11/h3-5,7-8,12H,2,6,9-10H2,1H3. The van der Waals surface area contributed by atoms with Gasteiger partial charge in [0.25, 0.3) is 0 Å². The molecule has 0 atom stereocenters. The van der Waals surface area contributed by atoms with Crippen molar-refractivity contribution in [3.05, 3.63) is 30.3 Å². The van der Waals surface area contributed by atoms with Crippen LogP contribution in [0.5, 0.6) is 0 Å². The Morgan fingerprint density at radius 2 is 2.07 bits per heavy atom. The molecule has 0 bridgehead atoms. The monoisotopic (exact) mass is 207 g/mol. The van der Waals surface area contributed by atoms with E-state index in [1.807, 2.05) is 25.1 Å². The maximum Gasteiger partial charge on any atom is 0.229 e. The van der Waals surface area contributed by atoms with Gasteiger partial charge in [-0.25, -0.2) is 0 Å². The van der Waals surface area contributed by atoms with Crippen LogP contribution in [0.2, 0.25) is 6.04 Å². The second-order valence-electron chi connectivity index (χ2n) is 2.97. The third-order valence-electron chi connectivity index (χ3n) is 1.80. The van der Waals surface area contributed by atoms with Crippen LogP contribution in [-0.2, 0) is 4.43 Å². The third kappa shape index (κ3) is 5.04. The molecule has 3 heteroatoms. The molecular weight excluding hydrogens is 190 g/mol. The maximum atomic E-state index is 5.29. The van der Waals surface area contributed by atoms with E-state index in [1.165, 1.54) is 12.1 Å². The quantitative estimate of drug-likeness (QED) is 0.548. The topological polar surface area (TPSA) is 21.3 Å². The van der Waals surface area contributed by atoms with E-state index >= 15 is 0 Å². The zero-order valence-corrected chi connectivity index (χ0v) is 9.62. The van der Waals surface area contributed by atoms with Crippen LogP contribution in [0, 0.1) is 0 Å². The molecule has 1 aromatic carbocycles. The first-order chi connectivity index (χ1) is 6.93. The number of rotatable bonds is 7. The highest BCUT2D eigenvalue weighted by Gasteiger charge is 1.92. The van der Waals surface area contributed by atoms with Crippen LogP contribution >= 0.6 is 0 Å². The molecule has 0 unspecified atom stereocenters. The molecule has 0 amide bonds. The Balaban J connectivity index is 1.99. The molecule has 76 valence electrons. The molecule has 1 rings (SSSR count). The van der Waals surface area contributed by atoms with Crippen LogP contribution in [0.15, 0.2) is 30.3 Å². The zero-order valence-electron chi connectivity index (χ0n) is 8.62. The van der Waals surface area contributed by atoms with E-state index in [0.717, 1.165) is 19.2 Å². The molecule has 0 aliphatic heterocycles. The van der Waals surface area contributed by atoms with Crippen molar-refractivity contribution >= 4 is 15.5 Å². The molecule has 0 spiro atoms. The van der Waals surface area contributed by atoms with E-state index in [9.17, 15) is 0 Å². The average molecular weight is 207 g/mol. The van der Waals surface area contributed by atoms with Crippen LogP contribution in [0.4, 0.5) is 5.69 Å². The highest BCUT2D eigenvalue weighted by Crippen LogP contribution is 2.04. The third-order valence-corrected chi connectivity index (χ3v) is 2.86. The van der Waals surface area contributed by atoms with Crippen molar-refractivity contribution in [3.63, 3.8) is 0 Å². The summed E-state index contributed by atoms with van der Waals surface area (Å²) in [4.78, 5) is 0. The van der Waals surface area contributed by atoms with E-state index in [4.69, 9.17) is 4.43 Å². The minimum absolute atomic E-state index is 0.660. The first kappa shape index (κ1) is 11.3. The Hall–Kier alpha value is -0.803. The van der Waals surface area contributed by atoms with Gasteiger partial charge in [0, 0.05) is 18.8 Å². The van der Waals surface area contributed by atoms with Crippen molar-refractivity contribution in [1.82, 2.24) is 0 Å².